The van der Waals surface area contributed by atoms with Gasteiger partial charge in [0.1, 0.15) is 0 Å². The molecule has 8 nitrogen and oxygen atoms in total. The zero-order valence-electron chi connectivity index (χ0n) is 25.7. The van der Waals surface area contributed by atoms with E-state index in [1.165, 1.54) is 0 Å². The number of hydrogen-bond acceptors (Lipinski definition) is 6. The Bertz CT molecular complexity index is 1350. The zero-order chi connectivity index (χ0) is 29.9. The van der Waals surface area contributed by atoms with Crippen molar-refractivity contribution >= 4 is 11.6 Å². The van der Waals surface area contributed by atoms with E-state index in [0.717, 1.165) is 71.8 Å². The third-order valence-electron chi connectivity index (χ3n) is 7.40. The van der Waals surface area contributed by atoms with Gasteiger partial charge < -0.3 is 44.0 Å². The van der Waals surface area contributed by atoms with Gasteiger partial charge in [0.25, 0.3) is 11.5 Å². The number of aromatic nitrogens is 1. The number of aromatic amines is 1. The number of rotatable bonds is 9. The Balaban J connectivity index is 0.00000122. The number of pyridine rings is 1. The standard InChI is InChI=1S/C30H36N3O3.C4H8O.Ni.H2O/c1-6-33(25-11-13-36-14-12-25)28-17-24(23-9-7-19(2)8-10-23)16-26(22(28)5)29(34)31-18-27-20(3)15-21(4)32-30(27)35;1-3-5-4-2;;/h7-10,15-17,25H,2,6,11-14,18H2,1,3-5H3,(H,31,34)(H,32,35);1-4H2;;1H2/q-1;-2;+3;/p-1. The molecule has 0 aliphatic carbocycles. The molecule has 0 saturated carbocycles. The van der Waals surface area contributed by atoms with Crippen molar-refractivity contribution in [2.45, 2.75) is 53.1 Å². The molecule has 0 unspecified atom stereocenters. The summed E-state index contributed by atoms with van der Waals surface area (Å²) in [7, 11) is 0. The van der Waals surface area contributed by atoms with E-state index in [-0.39, 0.29) is 40.0 Å². The Hall–Kier alpha value is -3.10. The molecule has 237 valence electrons. The maximum absolute atomic E-state index is 13.5. The van der Waals surface area contributed by atoms with Crippen molar-refractivity contribution in [3.63, 3.8) is 0 Å². The van der Waals surface area contributed by atoms with Gasteiger partial charge in [-0.3, -0.25) is 9.59 Å². The molecular formula is C34H45N3NiO5-. The third kappa shape index (κ3) is 10.2. The number of amides is 1. The smallest absolute Gasteiger partial charge is 0.870 e. The van der Waals surface area contributed by atoms with Crippen LogP contribution in [0.25, 0.3) is 11.1 Å². The molecule has 1 aliphatic rings. The summed E-state index contributed by atoms with van der Waals surface area (Å²) in [5, 5.41) is 3.00. The summed E-state index contributed by atoms with van der Waals surface area (Å²) < 4.78 is 10.2. The van der Waals surface area contributed by atoms with E-state index in [1.54, 1.807) is 0 Å². The summed E-state index contributed by atoms with van der Waals surface area (Å²) in [6.07, 6.45) is 1.93. The van der Waals surface area contributed by atoms with Crippen LogP contribution in [0.1, 0.15) is 58.1 Å². The minimum Gasteiger partial charge on any atom is -0.870 e. The molecule has 1 aliphatic heterocycles. The first-order valence-corrected chi connectivity index (χ1v) is 14.2. The Morgan fingerprint density at radius 1 is 1.05 bits per heavy atom. The summed E-state index contributed by atoms with van der Waals surface area (Å²) >= 11 is 0. The Morgan fingerprint density at radius 2 is 1.67 bits per heavy atom. The molecule has 0 bridgehead atoms. The molecule has 1 amide bonds. The fourth-order valence-corrected chi connectivity index (χ4v) is 5.19. The second-order valence-electron chi connectivity index (χ2n) is 10.2. The van der Waals surface area contributed by atoms with Crippen molar-refractivity contribution < 1.29 is 36.2 Å². The van der Waals surface area contributed by atoms with E-state index in [2.05, 4.69) is 53.7 Å². The number of ether oxygens (including phenoxy) is 2. The monoisotopic (exact) mass is 633 g/mol. The topological polar surface area (TPSA) is 114 Å². The summed E-state index contributed by atoms with van der Waals surface area (Å²) in [4.78, 5) is 31.2. The van der Waals surface area contributed by atoms with Gasteiger partial charge in [-0.2, -0.15) is 24.6 Å². The van der Waals surface area contributed by atoms with Crippen LogP contribution in [0, 0.1) is 41.5 Å². The molecule has 1 fully saturated rings. The van der Waals surface area contributed by atoms with Crippen LogP contribution in [0.5, 0.6) is 0 Å². The van der Waals surface area contributed by atoms with E-state index in [4.69, 9.17) is 4.74 Å². The maximum Gasteiger partial charge on any atom is 3.00 e. The van der Waals surface area contributed by atoms with Crippen molar-refractivity contribution in [3.05, 3.63) is 107 Å². The summed E-state index contributed by atoms with van der Waals surface area (Å²) in [5.41, 5.74) is 7.67. The molecule has 1 saturated heterocycles. The van der Waals surface area contributed by atoms with Crippen molar-refractivity contribution in [2.24, 2.45) is 0 Å². The third-order valence-corrected chi connectivity index (χ3v) is 7.40. The second-order valence-corrected chi connectivity index (χ2v) is 10.2. The van der Waals surface area contributed by atoms with E-state index in [9.17, 15) is 9.59 Å². The van der Waals surface area contributed by atoms with Crippen LogP contribution >= 0.6 is 0 Å². The van der Waals surface area contributed by atoms with Gasteiger partial charge in [-0.25, -0.2) is 0 Å². The number of benzene rings is 2. The number of anilines is 1. The van der Waals surface area contributed by atoms with Gasteiger partial charge >= 0.3 is 16.5 Å². The number of carbonyl (C=O) groups is 1. The first kappa shape index (κ1) is 37.9. The van der Waals surface area contributed by atoms with Gasteiger partial charge in [0.05, 0.1) is 0 Å². The predicted octanol–water partition coefficient (Wildman–Crippen LogP) is 5.58. The van der Waals surface area contributed by atoms with Crippen LogP contribution in [0.2, 0.25) is 0 Å². The molecule has 0 atom stereocenters. The molecule has 43 heavy (non-hydrogen) atoms. The first-order valence-electron chi connectivity index (χ1n) is 14.2. The van der Waals surface area contributed by atoms with Crippen LogP contribution in [0.4, 0.5) is 5.69 Å². The van der Waals surface area contributed by atoms with E-state index in [1.807, 2.05) is 57.2 Å². The van der Waals surface area contributed by atoms with Gasteiger partial charge in [0.2, 0.25) is 0 Å². The molecule has 4 rings (SSSR count). The van der Waals surface area contributed by atoms with Gasteiger partial charge in [0.15, 0.2) is 0 Å². The molecular weight excluding hydrogens is 589 g/mol. The SMILES string of the molecule is [CH2-]COC[CH2-].[CH2-]c1ccc(-c2cc(C(=O)NCc3c(C)cc(C)[nH]c3=O)c(C)c(N(CC)C3CCOCC3)c2)cc1.[Ni+3].[OH-]. The molecule has 3 N–H and O–H groups in total. The molecule has 9 heteroatoms. The fourth-order valence-electron chi connectivity index (χ4n) is 5.19. The molecule has 3 aromatic rings. The van der Waals surface area contributed by atoms with Crippen molar-refractivity contribution in [1.29, 1.82) is 0 Å². The normalized spacial score (nSPS) is 12.7. The number of hydrogen-bond donors (Lipinski definition) is 2. The molecule has 2 aromatic carbocycles. The summed E-state index contributed by atoms with van der Waals surface area (Å²) in [5.74, 6) is -0.188. The Morgan fingerprint density at radius 3 is 2.21 bits per heavy atom. The van der Waals surface area contributed by atoms with Crippen molar-refractivity contribution in [1.82, 2.24) is 10.3 Å². The van der Waals surface area contributed by atoms with Gasteiger partial charge in [0, 0.05) is 54.9 Å². The van der Waals surface area contributed by atoms with E-state index >= 15 is 0 Å². The Kier molecular flexibility index (Phi) is 16.4. The second kappa shape index (κ2) is 18.5. The average Bonchev–Trinajstić information content (AvgIpc) is 2.95. The predicted molar refractivity (Wildman–Crippen MR) is 169 cm³/mol. The maximum atomic E-state index is 13.5. The van der Waals surface area contributed by atoms with Crippen molar-refractivity contribution in [3.8, 4) is 11.1 Å². The quantitative estimate of drug-likeness (QED) is 0.235. The Labute approximate surface area is 266 Å². The van der Waals surface area contributed by atoms with Gasteiger partial charge in [-0.15, -0.1) is 12.1 Å². The number of carbonyl (C=O) groups excluding carboxylic acids is 1. The number of H-pyrrole nitrogens is 1. The summed E-state index contributed by atoms with van der Waals surface area (Å²) in [6, 6.07) is 14.5. The number of nitrogens with one attached hydrogen (secondary N) is 2. The van der Waals surface area contributed by atoms with Gasteiger partial charge in [-0.1, -0.05) is 13.2 Å². The first-order chi connectivity index (χ1) is 19.7. The van der Waals surface area contributed by atoms with Crippen LogP contribution in [-0.2, 0) is 32.5 Å². The van der Waals surface area contributed by atoms with Crippen LogP contribution in [0.3, 0.4) is 0 Å². The van der Waals surface area contributed by atoms with E-state index < -0.39 is 0 Å². The van der Waals surface area contributed by atoms with E-state index in [0.29, 0.717) is 30.4 Å². The molecule has 1 radical (unpaired) electrons. The largest absolute Gasteiger partial charge is 3.00 e. The molecule has 1 aromatic heterocycles. The zero-order valence-corrected chi connectivity index (χ0v) is 26.7. The number of nitrogens with zero attached hydrogens (tertiary/aromatic N) is 1. The van der Waals surface area contributed by atoms with Crippen LogP contribution in [-0.4, -0.2) is 55.4 Å². The minimum absolute atomic E-state index is 0. The fraction of sp³-hybridized carbons (Fsp3) is 0.382. The minimum atomic E-state index is -0.188. The molecule has 0 spiro atoms. The van der Waals surface area contributed by atoms with Crippen LogP contribution < -0.4 is 15.8 Å². The van der Waals surface area contributed by atoms with Crippen molar-refractivity contribution in [2.75, 3.05) is 37.9 Å². The summed E-state index contributed by atoms with van der Waals surface area (Å²) in [6.45, 7) is 22.3. The average molecular weight is 634 g/mol. The number of aryl methyl sites for hydroxylation is 2. The molecule has 2 heterocycles. The van der Waals surface area contributed by atoms with Gasteiger partial charge in [-0.05, 0) is 81.0 Å². The van der Waals surface area contributed by atoms with Crippen LogP contribution in [0.15, 0.2) is 47.3 Å².